The lowest BCUT2D eigenvalue weighted by Crippen LogP contribution is -2.41. The molecular formula is C27H26F3NO4S. The van der Waals surface area contributed by atoms with Crippen LogP contribution in [0.25, 0.3) is 0 Å². The van der Waals surface area contributed by atoms with Gasteiger partial charge in [-0.1, -0.05) is 56.2 Å². The van der Waals surface area contributed by atoms with Gasteiger partial charge < -0.3 is 9.84 Å². The minimum atomic E-state index is -5.12. The van der Waals surface area contributed by atoms with Crippen LogP contribution in [-0.2, 0) is 15.6 Å². The Morgan fingerprint density at radius 1 is 0.972 bits per heavy atom. The monoisotopic (exact) mass is 517 g/mol. The fraction of sp³-hybridized carbons (Fsp3) is 0.259. The van der Waals surface area contributed by atoms with Crippen LogP contribution in [0.3, 0.4) is 0 Å². The molecule has 0 bridgehead atoms. The van der Waals surface area contributed by atoms with Crippen LogP contribution in [0, 0.1) is 17.8 Å². The molecule has 3 aromatic rings. The molecule has 1 atom stereocenters. The molecular weight excluding hydrogens is 491 g/mol. The van der Waals surface area contributed by atoms with E-state index in [-0.39, 0.29) is 28.6 Å². The van der Waals surface area contributed by atoms with E-state index in [1.165, 1.54) is 43.5 Å². The Labute approximate surface area is 209 Å². The summed E-state index contributed by atoms with van der Waals surface area (Å²) in [6.45, 7) is 3.77. The van der Waals surface area contributed by atoms with Crippen LogP contribution in [0.1, 0.15) is 25.0 Å². The predicted octanol–water partition coefficient (Wildman–Crippen LogP) is 5.35. The molecule has 36 heavy (non-hydrogen) atoms. The lowest BCUT2D eigenvalue weighted by molar-refractivity contribution is -0.240. The third-order valence-electron chi connectivity index (χ3n) is 5.30. The summed E-state index contributed by atoms with van der Waals surface area (Å²) >= 11 is 0. The molecule has 0 amide bonds. The summed E-state index contributed by atoms with van der Waals surface area (Å²) in [5.74, 6) is 4.66. The normalized spacial score (nSPS) is 13.4. The van der Waals surface area contributed by atoms with Gasteiger partial charge in [0.15, 0.2) is 0 Å². The summed E-state index contributed by atoms with van der Waals surface area (Å²) in [5.41, 5.74) is -3.61. The molecule has 0 fully saturated rings. The van der Waals surface area contributed by atoms with E-state index >= 15 is 0 Å². The van der Waals surface area contributed by atoms with Crippen LogP contribution in [-0.4, -0.2) is 33.4 Å². The molecule has 0 saturated carbocycles. The van der Waals surface area contributed by atoms with E-state index in [9.17, 15) is 26.7 Å². The molecule has 0 saturated heterocycles. The van der Waals surface area contributed by atoms with Gasteiger partial charge in [-0.2, -0.15) is 13.2 Å². The van der Waals surface area contributed by atoms with Gasteiger partial charge in [0.2, 0.25) is 5.60 Å². The number of ether oxygens (including phenoxy) is 1. The maximum atomic E-state index is 14.0. The minimum Gasteiger partial charge on any atom is -0.497 e. The van der Waals surface area contributed by atoms with Gasteiger partial charge in [-0.3, -0.25) is 4.31 Å². The summed E-state index contributed by atoms with van der Waals surface area (Å²) in [7, 11) is -2.55. The van der Waals surface area contributed by atoms with Gasteiger partial charge in [-0.15, -0.1) is 0 Å². The van der Waals surface area contributed by atoms with Gasteiger partial charge >= 0.3 is 6.18 Å². The van der Waals surface area contributed by atoms with Crippen molar-refractivity contribution in [2.24, 2.45) is 5.92 Å². The summed E-state index contributed by atoms with van der Waals surface area (Å²) in [6.07, 6.45) is -5.12. The quantitative estimate of drug-likeness (QED) is 0.429. The van der Waals surface area contributed by atoms with Crippen LogP contribution in [0.4, 0.5) is 18.9 Å². The Hall–Kier alpha value is -3.48. The number of halogens is 3. The molecule has 1 unspecified atom stereocenters. The first-order valence-corrected chi connectivity index (χ1v) is 12.5. The van der Waals surface area contributed by atoms with E-state index in [1.54, 1.807) is 30.3 Å². The topological polar surface area (TPSA) is 66.8 Å². The van der Waals surface area contributed by atoms with Crippen molar-refractivity contribution in [1.29, 1.82) is 0 Å². The summed E-state index contributed by atoms with van der Waals surface area (Å²) < 4.78 is 74.8. The highest BCUT2D eigenvalue weighted by Crippen LogP contribution is 2.39. The Morgan fingerprint density at radius 2 is 1.61 bits per heavy atom. The number of aliphatic hydroxyl groups is 1. The SMILES string of the molecule is COc1cccc(C#CC(O)(c2ccc(N(CC(C)C)S(=O)(=O)c3ccccc3)cc2)C(F)(F)F)c1. The van der Waals surface area contributed by atoms with Crippen LogP contribution in [0.15, 0.2) is 83.8 Å². The van der Waals surface area contributed by atoms with Crippen molar-refractivity contribution in [3.63, 3.8) is 0 Å². The van der Waals surface area contributed by atoms with Crippen molar-refractivity contribution in [2.45, 2.75) is 30.5 Å². The van der Waals surface area contributed by atoms with Crippen molar-refractivity contribution in [2.75, 3.05) is 18.0 Å². The van der Waals surface area contributed by atoms with E-state index in [0.29, 0.717) is 5.75 Å². The van der Waals surface area contributed by atoms with Crippen molar-refractivity contribution < 1.29 is 31.4 Å². The molecule has 3 rings (SSSR count). The van der Waals surface area contributed by atoms with Gasteiger partial charge in [0.25, 0.3) is 10.0 Å². The second-order valence-electron chi connectivity index (χ2n) is 8.48. The number of hydrogen-bond acceptors (Lipinski definition) is 4. The highest BCUT2D eigenvalue weighted by atomic mass is 32.2. The van der Waals surface area contributed by atoms with E-state index < -0.39 is 27.4 Å². The molecule has 0 aromatic heterocycles. The molecule has 3 aromatic carbocycles. The lowest BCUT2D eigenvalue weighted by atomic mass is 9.93. The van der Waals surface area contributed by atoms with Crippen LogP contribution < -0.4 is 9.04 Å². The third-order valence-corrected chi connectivity index (χ3v) is 7.11. The number of benzene rings is 3. The predicted molar refractivity (Wildman–Crippen MR) is 132 cm³/mol. The van der Waals surface area contributed by atoms with Crippen molar-refractivity contribution in [1.82, 2.24) is 0 Å². The highest BCUT2D eigenvalue weighted by molar-refractivity contribution is 7.92. The van der Waals surface area contributed by atoms with Gasteiger partial charge in [0.1, 0.15) is 5.75 Å². The average Bonchev–Trinajstić information content (AvgIpc) is 2.85. The zero-order valence-electron chi connectivity index (χ0n) is 20.0. The summed E-state index contributed by atoms with van der Waals surface area (Å²) in [6, 6.07) is 18.5. The number of rotatable bonds is 7. The van der Waals surface area contributed by atoms with Crippen LogP contribution in [0.5, 0.6) is 5.75 Å². The minimum absolute atomic E-state index is 0.0608. The number of nitrogens with zero attached hydrogens (tertiary/aromatic N) is 1. The molecule has 0 spiro atoms. The van der Waals surface area contributed by atoms with Gasteiger partial charge in [-0.05, 0) is 54.3 Å². The average molecular weight is 518 g/mol. The van der Waals surface area contributed by atoms with Gasteiger partial charge in [-0.25, -0.2) is 8.42 Å². The molecule has 190 valence electrons. The summed E-state index contributed by atoms with van der Waals surface area (Å²) in [5, 5.41) is 10.7. The molecule has 9 heteroatoms. The Balaban J connectivity index is 2.04. The zero-order valence-corrected chi connectivity index (χ0v) is 20.8. The number of methoxy groups -OCH3 is 1. The van der Waals surface area contributed by atoms with E-state index in [0.717, 1.165) is 16.4 Å². The third kappa shape index (κ3) is 5.83. The molecule has 0 aliphatic rings. The molecule has 0 radical (unpaired) electrons. The Morgan fingerprint density at radius 3 is 2.17 bits per heavy atom. The van der Waals surface area contributed by atoms with E-state index in [4.69, 9.17) is 4.74 Å². The molecule has 1 N–H and O–H groups in total. The first-order valence-electron chi connectivity index (χ1n) is 11.0. The fourth-order valence-corrected chi connectivity index (χ4v) is 5.08. The Bertz CT molecular complexity index is 1350. The second-order valence-corrected chi connectivity index (χ2v) is 10.3. The largest absolute Gasteiger partial charge is 0.497 e. The summed E-state index contributed by atoms with van der Waals surface area (Å²) in [4.78, 5) is 0.0608. The first-order chi connectivity index (χ1) is 16.9. The smallest absolute Gasteiger partial charge is 0.433 e. The van der Waals surface area contributed by atoms with Crippen LogP contribution in [0.2, 0.25) is 0 Å². The Kier molecular flexibility index (Phi) is 8.02. The van der Waals surface area contributed by atoms with E-state index in [1.807, 2.05) is 19.8 Å². The molecule has 5 nitrogen and oxygen atoms in total. The number of alkyl halides is 3. The molecule has 0 heterocycles. The van der Waals surface area contributed by atoms with Crippen LogP contribution >= 0.6 is 0 Å². The maximum Gasteiger partial charge on any atom is 0.433 e. The van der Waals surface area contributed by atoms with Gasteiger partial charge in [0, 0.05) is 17.7 Å². The maximum absolute atomic E-state index is 14.0. The number of anilines is 1. The first kappa shape index (κ1) is 27.1. The standard InChI is InChI=1S/C27H26F3NO4S/c1-20(2)19-31(36(33,34)25-10-5-4-6-11-25)23-14-12-22(13-15-23)26(32,27(28,29)30)17-16-21-8-7-9-24(18-21)35-3/h4-15,18,20,32H,19H2,1-3H3. The zero-order chi connectivity index (χ0) is 26.6. The highest BCUT2D eigenvalue weighted by Gasteiger charge is 2.54. The number of sulfonamides is 1. The van der Waals surface area contributed by atoms with E-state index in [2.05, 4.69) is 5.92 Å². The lowest BCUT2D eigenvalue weighted by Gasteiger charge is -2.28. The van der Waals surface area contributed by atoms with Gasteiger partial charge in [0.05, 0.1) is 17.7 Å². The van der Waals surface area contributed by atoms with Crippen molar-refractivity contribution >= 4 is 15.7 Å². The molecule has 0 aliphatic heterocycles. The fourth-order valence-electron chi connectivity index (χ4n) is 3.43. The van der Waals surface area contributed by atoms with Crippen molar-refractivity contribution in [3.05, 3.63) is 90.0 Å². The number of hydrogen-bond donors (Lipinski definition) is 1. The second kappa shape index (κ2) is 10.6. The van der Waals surface area contributed by atoms with Crippen molar-refractivity contribution in [3.8, 4) is 17.6 Å². The molecule has 0 aliphatic carbocycles.